The number of nitrogens with zero attached hydrogens (tertiary/aromatic N) is 1. The fraction of sp³-hybridized carbons (Fsp3) is 0.263. The van der Waals surface area contributed by atoms with Crippen molar-refractivity contribution in [2.24, 2.45) is 0 Å². The lowest BCUT2D eigenvalue weighted by Crippen LogP contribution is -2.43. The van der Waals surface area contributed by atoms with Gasteiger partial charge in [0.2, 0.25) is 5.91 Å². The van der Waals surface area contributed by atoms with Gasteiger partial charge in [0.1, 0.15) is 23.4 Å². The summed E-state index contributed by atoms with van der Waals surface area (Å²) in [6.45, 7) is 0.447. The minimum atomic E-state index is -0.650. The van der Waals surface area contributed by atoms with Crippen LogP contribution in [-0.4, -0.2) is 38.7 Å². The quantitative estimate of drug-likeness (QED) is 0.845. The van der Waals surface area contributed by atoms with Crippen LogP contribution in [0.3, 0.4) is 0 Å². The Bertz CT molecular complexity index is 819. The maximum absolute atomic E-state index is 13.0. The third-order valence-corrected chi connectivity index (χ3v) is 4.26. The number of nitrogens with one attached hydrogen (secondary N) is 2. The van der Waals surface area contributed by atoms with Crippen LogP contribution in [0.2, 0.25) is 0 Å². The predicted molar refractivity (Wildman–Crippen MR) is 98.9 cm³/mol. The maximum atomic E-state index is 13.0. The third kappa shape index (κ3) is 4.28. The molecule has 27 heavy (non-hydrogen) atoms. The van der Waals surface area contributed by atoms with Crippen LogP contribution in [-0.2, 0) is 4.79 Å². The van der Waals surface area contributed by atoms with E-state index in [2.05, 4.69) is 10.6 Å². The molecule has 2 N–H and O–H groups in total. The first kappa shape index (κ1) is 18.5. The van der Waals surface area contributed by atoms with Crippen LogP contribution in [0.1, 0.15) is 6.42 Å². The Morgan fingerprint density at radius 1 is 1.11 bits per heavy atom. The topological polar surface area (TPSA) is 79.9 Å². The van der Waals surface area contributed by atoms with Gasteiger partial charge >= 0.3 is 6.03 Å². The van der Waals surface area contributed by atoms with Crippen LogP contribution < -0.4 is 25.0 Å². The van der Waals surface area contributed by atoms with Crippen molar-refractivity contribution in [3.05, 3.63) is 48.3 Å². The zero-order valence-corrected chi connectivity index (χ0v) is 15.0. The highest BCUT2D eigenvalue weighted by Crippen LogP contribution is 2.26. The highest BCUT2D eigenvalue weighted by molar-refractivity contribution is 6.02. The molecule has 1 aliphatic heterocycles. The van der Waals surface area contributed by atoms with Gasteiger partial charge in [0.15, 0.2) is 0 Å². The fourth-order valence-corrected chi connectivity index (χ4v) is 2.90. The molecule has 3 rings (SSSR count). The number of ether oxygens (including phenoxy) is 2. The average Bonchev–Trinajstić information content (AvgIpc) is 3.02. The standard InChI is InChI=1S/C19H20FN3O4/c1-26-15-9-13(10-16(11-15)27-2)21-19(25)22-17-7-8-23(18(17)24)14-5-3-12(20)4-6-14/h3-6,9-11,17H,7-8H2,1-2H3,(H2,21,22,25)/t17-/m1/s1. The number of hydrogen-bond acceptors (Lipinski definition) is 4. The molecule has 2 aromatic carbocycles. The van der Waals surface area contributed by atoms with E-state index in [9.17, 15) is 14.0 Å². The van der Waals surface area contributed by atoms with Gasteiger partial charge in [0.25, 0.3) is 0 Å². The van der Waals surface area contributed by atoms with E-state index in [-0.39, 0.29) is 11.7 Å². The van der Waals surface area contributed by atoms with Gasteiger partial charge in [-0.3, -0.25) is 4.79 Å². The average molecular weight is 373 g/mol. The van der Waals surface area contributed by atoms with E-state index < -0.39 is 12.1 Å². The Morgan fingerprint density at radius 2 is 1.74 bits per heavy atom. The smallest absolute Gasteiger partial charge is 0.319 e. The number of benzene rings is 2. The van der Waals surface area contributed by atoms with Gasteiger partial charge < -0.3 is 25.0 Å². The molecular weight excluding hydrogens is 353 g/mol. The zero-order chi connectivity index (χ0) is 19.4. The first-order chi connectivity index (χ1) is 13.0. The first-order valence-corrected chi connectivity index (χ1v) is 8.37. The summed E-state index contributed by atoms with van der Waals surface area (Å²) in [7, 11) is 3.03. The summed E-state index contributed by atoms with van der Waals surface area (Å²) < 4.78 is 23.4. The van der Waals surface area contributed by atoms with Gasteiger partial charge in [-0.2, -0.15) is 0 Å². The molecule has 0 aliphatic carbocycles. The number of rotatable bonds is 5. The van der Waals surface area contributed by atoms with Gasteiger partial charge in [0.05, 0.1) is 14.2 Å². The Hall–Kier alpha value is -3.29. The van der Waals surface area contributed by atoms with E-state index >= 15 is 0 Å². The van der Waals surface area contributed by atoms with Crippen LogP contribution in [0.4, 0.5) is 20.6 Å². The second-order valence-electron chi connectivity index (χ2n) is 6.01. The molecule has 0 aromatic heterocycles. The van der Waals surface area contributed by atoms with Crippen LogP contribution in [0.25, 0.3) is 0 Å². The molecule has 1 atom stereocenters. The molecule has 7 nitrogen and oxygen atoms in total. The van der Waals surface area contributed by atoms with Crippen molar-refractivity contribution in [1.29, 1.82) is 0 Å². The van der Waals surface area contributed by atoms with Gasteiger partial charge in [-0.25, -0.2) is 9.18 Å². The van der Waals surface area contributed by atoms with E-state index in [1.807, 2.05) is 0 Å². The molecule has 0 radical (unpaired) electrons. The van der Waals surface area contributed by atoms with E-state index in [4.69, 9.17) is 9.47 Å². The lowest BCUT2D eigenvalue weighted by atomic mass is 10.2. The highest BCUT2D eigenvalue weighted by atomic mass is 19.1. The summed E-state index contributed by atoms with van der Waals surface area (Å²) in [4.78, 5) is 26.3. The molecule has 0 unspecified atom stereocenters. The monoisotopic (exact) mass is 373 g/mol. The lowest BCUT2D eigenvalue weighted by Gasteiger charge is -2.17. The third-order valence-electron chi connectivity index (χ3n) is 4.26. The molecule has 0 bridgehead atoms. The Morgan fingerprint density at radius 3 is 2.33 bits per heavy atom. The molecule has 142 valence electrons. The molecule has 2 aromatic rings. The van der Waals surface area contributed by atoms with Crippen molar-refractivity contribution in [1.82, 2.24) is 5.32 Å². The molecule has 1 saturated heterocycles. The second kappa shape index (κ2) is 7.94. The summed E-state index contributed by atoms with van der Waals surface area (Å²) in [5.74, 6) is 0.460. The zero-order valence-electron chi connectivity index (χ0n) is 15.0. The molecule has 1 heterocycles. The summed E-state index contributed by atoms with van der Waals surface area (Å²) in [6, 6.07) is 9.48. The Labute approximate surface area is 156 Å². The van der Waals surface area contributed by atoms with Crippen LogP contribution in [0, 0.1) is 5.82 Å². The van der Waals surface area contributed by atoms with Gasteiger partial charge in [-0.15, -0.1) is 0 Å². The summed E-state index contributed by atoms with van der Waals surface area (Å²) in [5.41, 5.74) is 1.08. The molecule has 3 amide bonds. The van der Waals surface area contributed by atoms with Crippen molar-refractivity contribution in [2.45, 2.75) is 12.5 Å². The lowest BCUT2D eigenvalue weighted by molar-refractivity contribution is -0.118. The van der Waals surface area contributed by atoms with Crippen LogP contribution >= 0.6 is 0 Å². The molecule has 8 heteroatoms. The summed E-state index contributed by atoms with van der Waals surface area (Å²) in [6.07, 6.45) is 0.463. The van der Waals surface area contributed by atoms with Crippen LogP contribution in [0.5, 0.6) is 11.5 Å². The predicted octanol–water partition coefficient (Wildman–Crippen LogP) is 2.77. The van der Waals surface area contributed by atoms with Crippen molar-refractivity contribution in [2.75, 3.05) is 31.0 Å². The van der Waals surface area contributed by atoms with Gasteiger partial charge in [-0.1, -0.05) is 0 Å². The number of carbonyl (C=O) groups excluding carboxylic acids is 2. The fourth-order valence-electron chi connectivity index (χ4n) is 2.90. The number of urea groups is 1. The van der Waals surface area contributed by atoms with Crippen molar-refractivity contribution >= 4 is 23.3 Å². The number of halogens is 1. The largest absolute Gasteiger partial charge is 0.497 e. The minimum absolute atomic E-state index is 0.236. The number of hydrogen-bond donors (Lipinski definition) is 2. The summed E-state index contributed by atoms with van der Waals surface area (Å²) >= 11 is 0. The molecular formula is C19H20FN3O4. The molecule has 0 spiro atoms. The first-order valence-electron chi connectivity index (χ1n) is 8.37. The van der Waals surface area contributed by atoms with Crippen molar-refractivity contribution in [3.63, 3.8) is 0 Å². The Kier molecular flexibility index (Phi) is 5.44. The number of methoxy groups -OCH3 is 2. The van der Waals surface area contributed by atoms with Gasteiger partial charge in [0, 0.05) is 36.1 Å². The summed E-state index contributed by atoms with van der Waals surface area (Å²) in [5, 5.41) is 5.34. The van der Waals surface area contributed by atoms with Crippen molar-refractivity contribution in [3.8, 4) is 11.5 Å². The molecule has 1 fully saturated rings. The van der Waals surface area contributed by atoms with E-state index in [0.717, 1.165) is 0 Å². The van der Waals surface area contributed by atoms with Crippen molar-refractivity contribution < 1.29 is 23.5 Å². The van der Waals surface area contributed by atoms with E-state index in [1.54, 1.807) is 18.2 Å². The maximum Gasteiger partial charge on any atom is 0.319 e. The minimum Gasteiger partial charge on any atom is -0.497 e. The van der Waals surface area contributed by atoms with E-state index in [0.29, 0.717) is 35.8 Å². The second-order valence-corrected chi connectivity index (χ2v) is 6.01. The SMILES string of the molecule is COc1cc(NC(=O)N[C@@H]2CCN(c3ccc(F)cc3)C2=O)cc(OC)c1. The van der Waals surface area contributed by atoms with Gasteiger partial charge in [-0.05, 0) is 30.7 Å². The van der Waals surface area contributed by atoms with E-state index in [1.165, 1.54) is 43.4 Å². The highest BCUT2D eigenvalue weighted by Gasteiger charge is 2.33. The Balaban J connectivity index is 1.63. The molecule has 1 aliphatic rings. The normalized spacial score (nSPS) is 16.2. The number of anilines is 2. The number of carbonyl (C=O) groups is 2. The molecule has 0 saturated carbocycles. The number of amides is 3. The van der Waals surface area contributed by atoms with Crippen LogP contribution in [0.15, 0.2) is 42.5 Å².